The minimum absolute atomic E-state index is 0.0475. The van der Waals surface area contributed by atoms with Crippen LogP contribution in [-0.2, 0) is 4.79 Å². The van der Waals surface area contributed by atoms with Gasteiger partial charge in [-0.05, 0) is 48.6 Å². The van der Waals surface area contributed by atoms with E-state index in [1.54, 1.807) is 25.4 Å². The van der Waals surface area contributed by atoms with Crippen molar-refractivity contribution in [2.45, 2.75) is 24.3 Å². The van der Waals surface area contributed by atoms with E-state index in [1.807, 2.05) is 12.1 Å². The first-order valence-electron chi connectivity index (χ1n) is 9.91. The van der Waals surface area contributed by atoms with Gasteiger partial charge in [0.25, 0.3) is 11.8 Å². The molecule has 2 bridgehead atoms. The second kappa shape index (κ2) is 7.16. The molecule has 2 aromatic heterocycles. The van der Waals surface area contributed by atoms with Crippen LogP contribution >= 0.6 is 0 Å². The van der Waals surface area contributed by atoms with Crippen molar-refractivity contribution in [2.24, 2.45) is 0 Å². The average Bonchev–Trinajstić information content (AvgIpc) is 2.90. The number of para-hydroxylation sites is 1. The Morgan fingerprint density at radius 2 is 1.97 bits per heavy atom. The Labute approximate surface area is 177 Å². The van der Waals surface area contributed by atoms with Crippen molar-refractivity contribution < 1.29 is 18.7 Å². The van der Waals surface area contributed by atoms with Gasteiger partial charge in [-0.2, -0.15) is 0 Å². The molecule has 2 aliphatic heterocycles. The summed E-state index contributed by atoms with van der Waals surface area (Å²) >= 11 is 0. The van der Waals surface area contributed by atoms with Crippen LogP contribution in [0, 0.1) is 5.82 Å². The van der Waals surface area contributed by atoms with E-state index in [-0.39, 0.29) is 29.0 Å². The first-order valence-corrected chi connectivity index (χ1v) is 9.91. The quantitative estimate of drug-likeness (QED) is 0.702. The highest BCUT2D eigenvalue weighted by atomic mass is 19.1. The Kier molecular flexibility index (Phi) is 4.43. The number of anilines is 1. The van der Waals surface area contributed by atoms with Gasteiger partial charge in [0.1, 0.15) is 22.8 Å². The van der Waals surface area contributed by atoms with Crippen LogP contribution in [-0.4, -0.2) is 34.4 Å². The average molecular weight is 418 g/mol. The van der Waals surface area contributed by atoms with Crippen molar-refractivity contribution in [3.8, 4) is 11.5 Å². The molecular formula is C23H19FN4O3. The number of hydrogen-bond acceptors (Lipinski definition) is 5. The number of benzene rings is 1. The zero-order valence-corrected chi connectivity index (χ0v) is 16.7. The molecule has 0 atom stereocenters. The fourth-order valence-electron chi connectivity index (χ4n) is 4.29. The zero-order chi connectivity index (χ0) is 21.6. The summed E-state index contributed by atoms with van der Waals surface area (Å²) in [6, 6.07) is 12.8. The highest BCUT2D eigenvalue weighted by Gasteiger charge is 2.56. The summed E-state index contributed by atoms with van der Waals surface area (Å²) in [6.07, 6.45) is 4.08. The third-order valence-corrected chi connectivity index (χ3v) is 5.86. The molecule has 1 fully saturated rings. The van der Waals surface area contributed by atoms with Crippen molar-refractivity contribution in [2.75, 3.05) is 11.9 Å². The molecule has 6 rings (SSSR count). The van der Waals surface area contributed by atoms with Crippen LogP contribution in [0.2, 0.25) is 0 Å². The van der Waals surface area contributed by atoms with Crippen molar-refractivity contribution in [3.05, 3.63) is 78.0 Å². The number of amides is 2. The van der Waals surface area contributed by atoms with Gasteiger partial charge in [-0.3, -0.25) is 19.5 Å². The highest BCUT2D eigenvalue weighted by Crippen LogP contribution is 2.51. The summed E-state index contributed by atoms with van der Waals surface area (Å²) in [6.45, 7) is 0. The zero-order valence-electron chi connectivity index (χ0n) is 16.7. The SMILES string of the molecule is CN1C(=O)C2(NC(=O)c3cc(Oc4ccccc4F)ccn3)CC(C2)c2cccnc21. The van der Waals surface area contributed by atoms with Crippen molar-refractivity contribution in [3.63, 3.8) is 0 Å². The largest absolute Gasteiger partial charge is 0.454 e. The van der Waals surface area contributed by atoms with Gasteiger partial charge in [-0.25, -0.2) is 9.37 Å². The molecule has 3 aliphatic rings. The number of nitrogens with zero attached hydrogens (tertiary/aromatic N) is 3. The van der Waals surface area contributed by atoms with E-state index in [9.17, 15) is 14.0 Å². The summed E-state index contributed by atoms with van der Waals surface area (Å²) in [5.41, 5.74) is 0.0995. The van der Waals surface area contributed by atoms with E-state index < -0.39 is 17.3 Å². The van der Waals surface area contributed by atoms with E-state index >= 15 is 0 Å². The van der Waals surface area contributed by atoms with Gasteiger partial charge < -0.3 is 10.1 Å². The van der Waals surface area contributed by atoms with E-state index in [0.717, 1.165) is 5.56 Å². The van der Waals surface area contributed by atoms with Crippen LogP contribution in [0.1, 0.15) is 34.8 Å². The van der Waals surface area contributed by atoms with Crippen molar-refractivity contribution in [1.29, 1.82) is 0 Å². The smallest absolute Gasteiger partial charge is 0.270 e. The number of fused-ring (bicyclic) bond motifs is 1. The number of ether oxygens (including phenoxy) is 1. The molecule has 0 radical (unpaired) electrons. The lowest BCUT2D eigenvalue weighted by molar-refractivity contribution is -0.127. The number of nitrogens with one attached hydrogen (secondary N) is 1. The lowest BCUT2D eigenvalue weighted by Crippen LogP contribution is -2.64. The molecule has 31 heavy (non-hydrogen) atoms. The van der Waals surface area contributed by atoms with Crippen LogP contribution in [0.15, 0.2) is 60.9 Å². The van der Waals surface area contributed by atoms with Gasteiger partial charge in [0.15, 0.2) is 11.6 Å². The van der Waals surface area contributed by atoms with Crippen LogP contribution in [0.25, 0.3) is 0 Å². The Hall–Kier alpha value is -3.81. The minimum Gasteiger partial charge on any atom is -0.454 e. The Morgan fingerprint density at radius 3 is 2.77 bits per heavy atom. The maximum absolute atomic E-state index is 13.9. The molecule has 2 amide bonds. The summed E-state index contributed by atoms with van der Waals surface area (Å²) in [4.78, 5) is 36.1. The molecule has 0 unspecified atom stereocenters. The fraction of sp³-hybridized carbons (Fsp3) is 0.217. The number of carbonyl (C=O) groups excluding carboxylic acids is 2. The van der Waals surface area contributed by atoms with Crippen LogP contribution in [0.4, 0.5) is 10.2 Å². The van der Waals surface area contributed by atoms with Crippen LogP contribution in [0.3, 0.4) is 0 Å². The fourth-order valence-corrected chi connectivity index (χ4v) is 4.29. The second-order valence-electron chi connectivity index (χ2n) is 7.83. The number of hydrogen-bond donors (Lipinski definition) is 1. The van der Waals surface area contributed by atoms with Gasteiger partial charge in [0.2, 0.25) is 0 Å². The third kappa shape index (κ3) is 3.20. The normalized spacial score (nSPS) is 21.5. The van der Waals surface area contributed by atoms with Gasteiger partial charge in [-0.1, -0.05) is 18.2 Å². The summed E-state index contributed by atoms with van der Waals surface area (Å²) in [7, 11) is 1.67. The molecule has 156 valence electrons. The predicted molar refractivity (Wildman–Crippen MR) is 111 cm³/mol. The van der Waals surface area contributed by atoms with Crippen molar-refractivity contribution >= 4 is 17.6 Å². The van der Waals surface area contributed by atoms with E-state index in [2.05, 4.69) is 15.3 Å². The van der Waals surface area contributed by atoms with Crippen molar-refractivity contribution in [1.82, 2.24) is 15.3 Å². The maximum Gasteiger partial charge on any atom is 0.270 e. The van der Waals surface area contributed by atoms with E-state index in [1.165, 1.54) is 35.4 Å². The Bertz CT molecular complexity index is 1190. The highest BCUT2D eigenvalue weighted by molar-refractivity contribution is 6.06. The molecule has 3 aromatic rings. The number of carbonyl (C=O) groups is 2. The molecule has 4 heterocycles. The standard InChI is InChI=1S/C23H19FN4O3/c1-28-20-16(5-4-9-26-20)14-12-23(13-14,22(28)30)27-21(29)18-11-15(8-10-25-18)31-19-7-3-2-6-17(19)24/h2-11,14H,12-13H2,1H3,(H,27,29). The van der Waals surface area contributed by atoms with Crippen LogP contribution in [0.5, 0.6) is 11.5 Å². The van der Waals surface area contributed by atoms with Gasteiger partial charge in [0.05, 0.1) is 0 Å². The number of likely N-dealkylation sites (N-methyl/N-ethyl adjacent to an activating group) is 1. The molecular weight excluding hydrogens is 399 g/mol. The number of halogens is 1. The molecule has 0 saturated heterocycles. The predicted octanol–water partition coefficient (Wildman–Crippen LogP) is 3.43. The first kappa shape index (κ1) is 19.2. The second-order valence-corrected chi connectivity index (χ2v) is 7.83. The number of rotatable bonds is 4. The summed E-state index contributed by atoms with van der Waals surface area (Å²) in [5.74, 6) is -0.0935. The molecule has 1 aliphatic carbocycles. The minimum atomic E-state index is -0.999. The molecule has 1 aromatic carbocycles. The Balaban J connectivity index is 1.37. The van der Waals surface area contributed by atoms with E-state index in [0.29, 0.717) is 18.7 Å². The Morgan fingerprint density at radius 1 is 1.16 bits per heavy atom. The van der Waals surface area contributed by atoms with Gasteiger partial charge in [-0.15, -0.1) is 0 Å². The topological polar surface area (TPSA) is 84.4 Å². The number of aromatic nitrogens is 2. The molecule has 1 saturated carbocycles. The maximum atomic E-state index is 13.9. The van der Waals surface area contributed by atoms with Crippen LogP contribution < -0.4 is 15.0 Å². The molecule has 8 heteroatoms. The summed E-state index contributed by atoms with van der Waals surface area (Å²) in [5, 5.41) is 2.88. The molecule has 7 nitrogen and oxygen atoms in total. The molecule has 0 spiro atoms. The van der Waals surface area contributed by atoms with Gasteiger partial charge in [0, 0.05) is 25.5 Å². The lowest BCUT2D eigenvalue weighted by Gasteiger charge is -2.44. The summed E-state index contributed by atoms with van der Waals surface area (Å²) < 4.78 is 19.4. The molecule has 1 N–H and O–H groups in total. The number of pyridine rings is 2. The lowest BCUT2D eigenvalue weighted by atomic mass is 9.66. The third-order valence-electron chi connectivity index (χ3n) is 5.86. The first-order chi connectivity index (χ1) is 15.0. The van der Waals surface area contributed by atoms with Gasteiger partial charge >= 0.3 is 0 Å². The van der Waals surface area contributed by atoms with E-state index in [4.69, 9.17) is 4.74 Å². The monoisotopic (exact) mass is 418 g/mol.